The van der Waals surface area contributed by atoms with E-state index in [2.05, 4.69) is 27.7 Å². The highest BCUT2D eigenvalue weighted by Gasteiger charge is 1.73. The van der Waals surface area contributed by atoms with Gasteiger partial charge in [-0.05, 0) is 12.1 Å². The van der Waals surface area contributed by atoms with Gasteiger partial charge in [0.1, 0.15) is 0 Å². The van der Waals surface area contributed by atoms with Gasteiger partial charge in [0, 0.05) is 19.3 Å². The zero-order valence-corrected chi connectivity index (χ0v) is 6.95. The topological polar surface area (TPSA) is 54.9 Å². The lowest BCUT2D eigenvalue weighted by Crippen LogP contribution is -2.04. The lowest BCUT2D eigenvalue weighted by Gasteiger charge is -1.78. The summed E-state index contributed by atoms with van der Waals surface area (Å²) in [7, 11) is 0. The monoisotopic (exact) mass is 171 g/mol. The molecule has 0 atom stereocenters. The summed E-state index contributed by atoms with van der Waals surface area (Å²) in [5, 5.41) is 7.07. The first-order valence-corrected chi connectivity index (χ1v) is 3.34. The van der Waals surface area contributed by atoms with Gasteiger partial charge in [0.25, 0.3) is 0 Å². The number of carbonyl (C=O) groups excluding carboxylic acids is 1. The maximum Gasteiger partial charge on any atom is 0.226 e. The molecule has 0 aliphatic heterocycles. The van der Waals surface area contributed by atoms with Crippen LogP contribution in [0.1, 0.15) is 6.92 Å². The van der Waals surface area contributed by atoms with E-state index in [0.717, 1.165) is 0 Å². The summed E-state index contributed by atoms with van der Waals surface area (Å²) >= 11 is 3.42. The quantitative estimate of drug-likeness (QED) is 0.557. The van der Waals surface area contributed by atoms with Gasteiger partial charge < -0.3 is 4.72 Å². The van der Waals surface area contributed by atoms with Crippen LogP contribution in [0.4, 0.5) is 0 Å². The molecule has 1 amide bonds. The fraction of sp³-hybridized carbons (Fsp3) is 0.167. The van der Waals surface area contributed by atoms with E-state index < -0.39 is 0 Å². The minimum absolute atomic E-state index is 0.131. The predicted molar refractivity (Wildman–Crippen MR) is 44.8 cm³/mol. The minimum Gasteiger partial charge on any atom is -0.303 e. The largest absolute Gasteiger partial charge is 0.303 e. The predicted octanol–water partition coefficient (Wildman–Crippen LogP) is 0.444. The number of nitrogens with one attached hydrogen (secondary N) is 1. The summed E-state index contributed by atoms with van der Waals surface area (Å²) in [6.45, 7) is 1.40. The molecule has 0 saturated carbocycles. The smallest absolute Gasteiger partial charge is 0.226 e. The molecule has 0 spiro atoms. The van der Waals surface area contributed by atoms with Crippen LogP contribution >= 0.6 is 12.8 Å². The standard InChI is InChI=1S/C4H4N2.C2H5NOS/c1-2-4-6-5-3-1;1-2(4)3-5/h1-4H;5H,1H3,(H,3,4). The first kappa shape index (κ1) is 9.90. The van der Waals surface area contributed by atoms with Gasteiger partial charge >= 0.3 is 0 Å². The zero-order valence-electron chi connectivity index (χ0n) is 6.06. The van der Waals surface area contributed by atoms with Crippen LogP contribution in [0.15, 0.2) is 24.5 Å². The van der Waals surface area contributed by atoms with Crippen molar-refractivity contribution < 1.29 is 4.79 Å². The highest BCUT2D eigenvalue weighted by molar-refractivity contribution is 7.78. The average Bonchev–Trinajstić information content (AvgIpc) is 2.09. The number of carbonyl (C=O) groups is 1. The Balaban J connectivity index is 0.000000187. The molecule has 1 aromatic rings. The van der Waals surface area contributed by atoms with Gasteiger partial charge in [-0.2, -0.15) is 10.2 Å². The van der Waals surface area contributed by atoms with Crippen LogP contribution in [-0.2, 0) is 4.79 Å². The Labute approximate surface area is 70.6 Å². The molecule has 0 aliphatic rings. The first-order valence-electron chi connectivity index (χ1n) is 2.89. The highest BCUT2D eigenvalue weighted by Crippen LogP contribution is 1.68. The molecule has 1 heterocycles. The highest BCUT2D eigenvalue weighted by atomic mass is 32.1. The summed E-state index contributed by atoms with van der Waals surface area (Å²) in [5.41, 5.74) is 0. The van der Waals surface area contributed by atoms with Crippen molar-refractivity contribution in [2.24, 2.45) is 0 Å². The molecule has 0 saturated heterocycles. The third-order valence-electron chi connectivity index (χ3n) is 0.641. The van der Waals surface area contributed by atoms with Gasteiger partial charge in [-0.15, -0.1) is 0 Å². The van der Waals surface area contributed by atoms with E-state index in [-0.39, 0.29) is 5.91 Å². The molecular formula is C6H9N3OS. The Bertz CT molecular complexity index is 166. The van der Waals surface area contributed by atoms with Crippen LogP contribution in [0, 0.1) is 0 Å². The number of thiol groups is 1. The molecule has 11 heavy (non-hydrogen) atoms. The van der Waals surface area contributed by atoms with Crippen molar-refractivity contribution in [2.75, 3.05) is 0 Å². The normalized spacial score (nSPS) is 7.45. The van der Waals surface area contributed by atoms with Crippen molar-refractivity contribution in [1.29, 1.82) is 0 Å². The number of hydrogen-bond acceptors (Lipinski definition) is 4. The molecule has 1 rings (SSSR count). The van der Waals surface area contributed by atoms with Gasteiger partial charge in [-0.3, -0.25) is 4.79 Å². The first-order chi connectivity index (χ1) is 5.27. The fourth-order valence-corrected chi connectivity index (χ4v) is 0.253. The molecule has 1 N–H and O–H groups in total. The molecule has 4 nitrogen and oxygen atoms in total. The molecule has 0 radical (unpaired) electrons. The molecule has 0 fully saturated rings. The lowest BCUT2D eigenvalue weighted by molar-refractivity contribution is -0.117. The van der Waals surface area contributed by atoms with Crippen molar-refractivity contribution >= 4 is 18.7 Å². The van der Waals surface area contributed by atoms with Crippen molar-refractivity contribution in [2.45, 2.75) is 6.92 Å². The number of rotatable bonds is 0. The maximum atomic E-state index is 9.62. The van der Waals surface area contributed by atoms with E-state index in [9.17, 15) is 4.79 Å². The summed E-state index contributed by atoms with van der Waals surface area (Å²) in [6.07, 6.45) is 3.28. The molecule has 0 bridgehead atoms. The molecule has 60 valence electrons. The molecular weight excluding hydrogens is 162 g/mol. The van der Waals surface area contributed by atoms with Crippen LogP contribution in [0.3, 0.4) is 0 Å². The second-order valence-corrected chi connectivity index (χ2v) is 1.81. The van der Waals surface area contributed by atoms with Gasteiger partial charge in [-0.25, -0.2) is 0 Å². The van der Waals surface area contributed by atoms with E-state index in [4.69, 9.17) is 0 Å². The number of hydrogen-bond donors (Lipinski definition) is 2. The third-order valence-corrected chi connectivity index (χ3v) is 0.956. The molecule has 0 aromatic carbocycles. The number of aromatic nitrogens is 2. The fourth-order valence-electron chi connectivity index (χ4n) is 0.253. The summed E-state index contributed by atoms with van der Waals surface area (Å²) in [4.78, 5) is 9.62. The molecule has 5 heteroatoms. The Morgan fingerprint density at radius 3 is 1.82 bits per heavy atom. The lowest BCUT2D eigenvalue weighted by atomic mass is 10.6. The molecule has 1 aromatic heterocycles. The number of nitrogens with zero attached hydrogens (tertiary/aromatic N) is 2. The van der Waals surface area contributed by atoms with Crippen molar-refractivity contribution in [3.05, 3.63) is 24.5 Å². The van der Waals surface area contributed by atoms with E-state index in [1.54, 1.807) is 12.4 Å². The van der Waals surface area contributed by atoms with Crippen LogP contribution < -0.4 is 4.72 Å². The SMILES string of the molecule is CC(=O)NS.c1ccnnc1. The van der Waals surface area contributed by atoms with Crippen LogP contribution in [-0.4, -0.2) is 16.1 Å². The third kappa shape index (κ3) is 8.90. The van der Waals surface area contributed by atoms with Crippen molar-refractivity contribution in [1.82, 2.24) is 14.9 Å². The summed E-state index contributed by atoms with van der Waals surface area (Å²) in [6, 6.07) is 3.65. The second-order valence-electron chi connectivity index (χ2n) is 1.58. The van der Waals surface area contributed by atoms with Crippen LogP contribution in [0.5, 0.6) is 0 Å². The van der Waals surface area contributed by atoms with E-state index in [1.807, 2.05) is 12.1 Å². The maximum absolute atomic E-state index is 9.62. The Hall–Kier alpha value is -1.10. The van der Waals surface area contributed by atoms with E-state index in [0.29, 0.717) is 0 Å². The molecule has 0 unspecified atom stereocenters. The number of amides is 1. The van der Waals surface area contributed by atoms with Crippen molar-refractivity contribution in [3.8, 4) is 0 Å². The summed E-state index contributed by atoms with van der Waals surface area (Å²) in [5.74, 6) is -0.131. The summed E-state index contributed by atoms with van der Waals surface area (Å²) < 4.78 is 2.08. The Kier molecular flexibility index (Phi) is 6.31. The Morgan fingerprint density at radius 1 is 1.36 bits per heavy atom. The van der Waals surface area contributed by atoms with Gasteiger partial charge in [0.15, 0.2) is 0 Å². The van der Waals surface area contributed by atoms with Gasteiger partial charge in [0.2, 0.25) is 5.91 Å². The van der Waals surface area contributed by atoms with Crippen molar-refractivity contribution in [3.63, 3.8) is 0 Å². The average molecular weight is 171 g/mol. The Morgan fingerprint density at radius 2 is 1.73 bits per heavy atom. The second kappa shape index (κ2) is 7.01. The van der Waals surface area contributed by atoms with Gasteiger partial charge in [-0.1, -0.05) is 12.8 Å². The minimum atomic E-state index is -0.131. The van der Waals surface area contributed by atoms with Gasteiger partial charge in [0.05, 0.1) is 0 Å². The van der Waals surface area contributed by atoms with Crippen LogP contribution in [0.25, 0.3) is 0 Å². The van der Waals surface area contributed by atoms with E-state index in [1.165, 1.54) is 6.92 Å². The molecule has 0 aliphatic carbocycles. The zero-order chi connectivity index (χ0) is 8.53. The van der Waals surface area contributed by atoms with E-state index >= 15 is 0 Å². The van der Waals surface area contributed by atoms with Crippen LogP contribution in [0.2, 0.25) is 0 Å².